The Kier molecular flexibility index (Phi) is 3.04. The fraction of sp³-hybridized carbons (Fsp3) is 0.333. The summed E-state index contributed by atoms with van der Waals surface area (Å²) in [6.45, 7) is 2.56. The van der Waals surface area contributed by atoms with E-state index < -0.39 is 5.82 Å². The molecule has 3 rings (SSSR count). The highest BCUT2D eigenvalue weighted by atomic mass is 19.1. The molecule has 0 saturated carbocycles. The van der Waals surface area contributed by atoms with Crippen LogP contribution in [-0.4, -0.2) is 41.6 Å². The van der Waals surface area contributed by atoms with E-state index in [0.717, 1.165) is 12.1 Å². The molecule has 1 aliphatic rings. The number of aromatic hydroxyl groups is 1. The average molecular weight is 265 g/mol. The molecule has 0 radical (unpaired) electrons. The second-order valence-electron chi connectivity index (χ2n) is 4.16. The predicted molar refractivity (Wildman–Crippen MR) is 64.4 cm³/mol. The highest BCUT2D eigenvalue weighted by Gasteiger charge is 2.19. The number of hydrogen-bond donors (Lipinski definition) is 1. The number of nitrogens with zero attached hydrogens (tertiary/aromatic N) is 3. The SMILES string of the molecule is Oc1ccc(F)cc1-c1nc(N2CCOCC2)no1. The van der Waals surface area contributed by atoms with Crippen molar-refractivity contribution in [3.05, 3.63) is 24.0 Å². The molecule has 0 bridgehead atoms. The third-order valence-corrected chi connectivity index (χ3v) is 2.90. The number of morpholine rings is 1. The van der Waals surface area contributed by atoms with Crippen molar-refractivity contribution in [3.63, 3.8) is 0 Å². The summed E-state index contributed by atoms with van der Waals surface area (Å²) in [6, 6.07) is 3.58. The Hall–Kier alpha value is -2.15. The maximum Gasteiger partial charge on any atom is 0.266 e. The minimum atomic E-state index is -0.473. The van der Waals surface area contributed by atoms with Gasteiger partial charge in [-0.15, -0.1) is 0 Å². The lowest BCUT2D eigenvalue weighted by molar-refractivity contribution is 0.121. The Labute approximate surface area is 108 Å². The van der Waals surface area contributed by atoms with Crippen molar-refractivity contribution < 1.29 is 18.8 Å². The summed E-state index contributed by atoms with van der Waals surface area (Å²) < 4.78 is 23.5. The van der Waals surface area contributed by atoms with Gasteiger partial charge in [-0.25, -0.2) is 4.39 Å². The van der Waals surface area contributed by atoms with Crippen LogP contribution < -0.4 is 4.90 Å². The molecule has 1 saturated heterocycles. The van der Waals surface area contributed by atoms with Crippen molar-refractivity contribution in [2.75, 3.05) is 31.2 Å². The standard InChI is InChI=1S/C12H12FN3O3/c13-8-1-2-10(17)9(7-8)11-14-12(15-19-11)16-3-5-18-6-4-16/h1-2,7,17H,3-6H2. The molecule has 19 heavy (non-hydrogen) atoms. The summed E-state index contributed by atoms with van der Waals surface area (Å²) in [7, 11) is 0. The molecule has 1 aromatic heterocycles. The van der Waals surface area contributed by atoms with Crippen LogP contribution in [0.25, 0.3) is 11.5 Å². The van der Waals surface area contributed by atoms with Gasteiger partial charge in [0.2, 0.25) is 0 Å². The fourth-order valence-corrected chi connectivity index (χ4v) is 1.90. The minimum Gasteiger partial charge on any atom is -0.507 e. The van der Waals surface area contributed by atoms with E-state index in [0.29, 0.717) is 32.3 Å². The van der Waals surface area contributed by atoms with E-state index in [4.69, 9.17) is 9.26 Å². The van der Waals surface area contributed by atoms with Crippen molar-refractivity contribution in [1.29, 1.82) is 0 Å². The van der Waals surface area contributed by atoms with Crippen LogP contribution in [0.15, 0.2) is 22.7 Å². The smallest absolute Gasteiger partial charge is 0.266 e. The molecule has 0 amide bonds. The first kappa shape index (κ1) is 11.9. The van der Waals surface area contributed by atoms with Gasteiger partial charge in [-0.2, -0.15) is 4.98 Å². The molecule has 100 valence electrons. The first-order chi connectivity index (χ1) is 9.24. The summed E-state index contributed by atoms with van der Waals surface area (Å²) in [6.07, 6.45) is 0. The van der Waals surface area contributed by atoms with Crippen molar-refractivity contribution >= 4 is 5.95 Å². The van der Waals surface area contributed by atoms with E-state index >= 15 is 0 Å². The predicted octanol–water partition coefficient (Wildman–Crippen LogP) is 1.42. The summed E-state index contributed by atoms with van der Waals surface area (Å²) >= 11 is 0. The zero-order chi connectivity index (χ0) is 13.2. The van der Waals surface area contributed by atoms with E-state index in [1.807, 2.05) is 4.90 Å². The molecule has 6 nitrogen and oxygen atoms in total. The largest absolute Gasteiger partial charge is 0.507 e. The monoisotopic (exact) mass is 265 g/mol. The Balaban J connectivity index is 1.89. The van der Waals surface area contributed by atoms with E-state index in [2.05, 4.69) is 10.1 Å². The van der Waals surface area contributed by atoms with Gasteiger partial charge in [0.15, 0.2) is 0 Å². The highest BCUT2D eigenvalue weighted by Crippen LogP contribution is 2.29. The molecule has 1 N–H and O–H groups in total. The first-order valence-corrected chi connectivity index (χ1v) is 5.89. The maximum atomic E-state index is 13.2. The Bertz CT molecular complexity index is 581. The van der Waals surface area contributed by atoms with Gasteiger partial charge in [0.1, 0.15) is 11.6 Å². The van der Waals surface area contributed by atoms with Crippen LogP contribution in [-0.2, 0) is 4.74 Å². The average Bonchev–Trinajstić information content (AvgIpc) is 2.92. The third kappa shape index (κ3) is 2.37. The molecule has 0 atom stereocenters. The Morgan fingerprint density at radius 2 is 2.05 bits per heavy atom. The van der Waals surface area contributed by atoms with E-state index in [-0.39, 0.29) is 17.2 Å². The molecule has 1 aromatic carbocycles. The lowest BCUT2D eigenvalue weighted by Crippen LogP contribution is -2.36. The number of aromatic nitrogens is 2. The fourth-order valence-electron chi connectivity index (χ4n) is 1.90. The summed E-state index contributed by atoms with van der Waals surface area (Å²) in [5.41, 5.74) is 0.187. The Morgan fingerprint density at radius 3 is 2.84 bits per heavy atom. The number of phenols is 1. The lowest BCUT2D eigenvalue weighted by Gasteiger charge is -2.24. The van der Waals surface area contributed by atoms with Gasteiger partial charge in [0.05, 0.1) is 18.8 Å². The van der Waals surface area contributed by atoms with Gasteiger partial charge in [-0.3, -0.25) is 0 Å². The molecule has 1 aliphatic heterocycles. The lowest BCUT2D eigenvalue weighted by atomic mass is 10.2. The summed E-state index contributed by atoms with van der Waals surface area (Å²) in [5, 5.41) is 13.5. The zero-order valence-electron chi connectivity index (χ0n) is 10.0. The van der Waals surface area contributed by atoms with Crippen LogP contribution in [0.1, 0.15) is 0 Å². The van der Waals surface area contributed by atoms with Crippen LogP contribution in [0, 0.1) is 5.82 Å². The van der Waals surface area contributed by atoms with E-state index in [9.17, 15) is 9.50 Å². The molecule has 0 unspecified atom stereocenters. The second-order valence-corrected chi connectivity index (χ2v) is 4.16. The topological polar surface area (TPSA) is 71.6 Å². The van der Waals surface area contributed by atoms with E-state index in [1.165, 1.54) is 6.07 Å². The van der Waals surface area contributed by atoms with Gasteiger partial charge >= 0.3 is 0 Å². The third-order valence-electron chi connectivity index (χ3n) is 2.90. The Morgan fingerprint density at radius 1 is 1.26 bits per heavy atom. The van der Waals surface area contributed by atoms with Gasteiger partial charge in [-0.05, 0) is 23.4 Å². The molecule has 7 heteroatoms. The number of rotatable bonds is 2. The van der Waals surface area contributed by atoms with Crippen molar-refractivity contribution in [1.82, 2.24) is 10.1 Å². The normalized spacial score (nSPS) is 15.7. The van der Waals surface area contributed by atoms with Crippen LogP contribution in [0.3, 0.4) is 0 Å². The molecule has 2 heterocycles. The molecule has 0 aliphatic carbocycles. The van der Waals surface area contributed by atoms with Crippen LogP contribution >= 0.6 is 0 Å². The summed E-state index contributed by atoms with van der Waals surface area (Å²) in [4.78, 5) is 6.08. The maximum absolute atomic E-state index is 13.2. The number of phenolic OH excluding ortho intramolecular Hbond substituents is 1. The van der Waals surface area contributed by atoms with Gasteiger partial charge < -0.3 is 19.3 Å². The van der Waals surface area contributed by atoms with E-state index in [1.54, 1.807) is 0 Å². The highest BCUT2D eigenvalue weighted by molar-refractivity contribution is 5.62. The number of halogens is 1. The molecule has 0 spiro atoms. The quantitative estimate of drug-likeness (QED) is 0.885. The second kappa shape index (κ2) is 4.85. The number of hydrogen-bond acceptors (Lipinski definition) is 6. The summed E-state index contributed by atoms with van der Waals surface area (Å²) in [5.74, 6) is -0.0575. The first-order valence-electron chi connectivity index (χ1n) is 5.89. The van der Waals surface area contributed by atoms with Gasteiger partial charge in [0.25, 0.3) is 11.8 Å². The number of ether oxygens (including phenoxy) is 1. The molecule has 2 aromatic rings. The number of benzene rings is 1. The van der Waals surface area contributed by atoms with Crippen molar-refractivity contribution in [2.45, 2.75) is 0 Å². The van der Waals surface area contributed by atoms with Gasteiger partial charge in [-0.1, -0.05) is 0 Å². The molecular formula is C12H12FN3O3. The van der Waals surface area contributed by atoms with Crippen LogP contribution in [0.4, 0.5) is 10.3 Å². The minimum absolute atomic E-state index is 0.0958. The molecular weight excluding hydrogens is 253 g/mol. The van der Waals surface area contributed by atoms with Crippen molar-refractivity contribution in [2.24, 2.45) is 0 Å². The van der Waals surface area contributed by atoms with Crippen LogP contribution in [0.5, 0.6) is 5.75 Å². The van der Waals surface area contributed by atoms with Gasteiger partial charge in [0, 0.05) is 13.1 Å². The van der Waals surface area contributed by atoms with Crippen LogP contribution in [0.2, 0.25) is 0 Å². The number of anilines is 1. The molecule has 1 fully saturated rings. The zero-order valence-corrected chi connectivity index (χ0v) is 10.0. The van der Waals surface area contributed by atoms with Crippen molar-refractivity contribution in [3.8, 4) is 17.2 Å².